The molecule has 0 fully saturated rings. The topological polar surface area (TPSA) is 12.9 Å². The molecule has 0 saturated heterocycles. The van der Waals surface area contributed by atoms with Crippen LogP contribution in [-0.4, -0.2) is 4.98 Å². The second-order valence-electron chi connectivity index (χ2n) is 3.09. The van der Waals surface area contributed by atoms with E-state index in [0.717, 1.165) is 5.69 Å². The van der Waals surface area contributed by atoms with Gasteiger partial charge in [0.25, 0.3) is 0 Å². The number of allylic oxidation sites excluding steroid dienone is 1. The molecule has 0 amide bonds. The molecule has 1 heteroatoms. The summed E-state index contributed by atoms with van der Waals surface area (Å²) in [7, 11) is 0. The first-order valence-electron chi connectivity index (χ1n) is 3.92. The van der Waals surface area contributed by atoms with Crippen molar-refractivity contribution >= 4 is 6.08 Å². The molecule has 0 unspecified atom stereocenters. The van der Waals surface area contributed by atoms with E-state index in [1.807, 2.05) is 12.3 Å². The quantitative estimate of drug-likeness (QED) is 0.546. The van der Waals surface area contributed by atoms with Gasteiger partial charge in [-0.2, -0.15) is 0 Å². The fraction of sp³-hybridized carbons (Fsp3) is 0.300. The number of fused-ring (bicyclic) bond motifs is 1. The molecular weight excluding hydrogens is 134 g/mol. The highest BCUT2D eigenvalue weighted by Crippen LogP contribution is 2.33. The average molecular weight is 145 g/mol. The molecule has 1 heterocycles. The Labute approximate surface area is 66.8 Å². The first-order chi connectivity index (χ1) is 5.29. The maximum Gasteiger partial charge on any atom is 0.0667 e. The predicted molar refractivity (Wildman–Crippen MR) is 46.3 cm³/mol. The van der Waals surface area contributed by atoms with Crippen LogP contribution in [0.3, 0.4) is 0 Å². The third-order valence-electron chi connectivity index (χ3n) is 2.39. The van der Waals surface area contributed by atoms with Crippen LogP contribution in [0.1, 0.15) is 31.0 Å². The van der Waals surface area contributed by atoms with Crippen LogP contribution in [0.15, 0.2) is 23.9 Å². The molecule has 0 aliphatic heterocycles. The molecule has 2 rings (SSSR count). The lowest BCUT2D eigenvalue weighted by Gasteiger charge is -2.04. The smallest absolute Gasteiger partial charge is 0.0667 e. The fourth-order valence-electron chi connectivity index (χ4n) is 1.50. The number of hydrogen-bond acceptors (Lipinski definition) is 1. The molecule has 0 aromatic carbocycles. The van der Waals surface area contributed by atoms with E-state index in [2.05, 4.69) is 31.0 Å². The van der Waals surface area contributed by atoms with E-state index in [0.29, 0.717) is 5.92 Å². The van der Waals surface area contributed by atoms with E-state index in [1.165, 1.54) is 11.1 Å². The molecular formula is C10H11N. The van der Waals surface area contributed by atoms with Crippen LogP contribution < -0.4 is 0 Å². The van der Waals surface area contributed by atoms with Crippen LogP contribution in [0.5, 0.6) is 0 Å². The minimum absolute atomic E-state index is 0.568. The number of hydrogen-bond donors (Lipinski definition) is 0. The normalized spacial score (nSPS) is 21.3. The summed E-state index contributed by atoms with van der Waals surface area (Å²) >= 11 is 0. The lowest BCUT2D eigenvalue weighted by molar-refractivity contribution is 0.915. The molecule has 1 aliphatic carbocycles. The lowest BCUT2D eigenvalue weighted by atomic mass is 10.0. The highest BCUT2D eigenvalue weighted by molar-refractivity contribution is 5.62. The number of rotatable bonds is 0. The van der Waals surface area contributed by atoms with Crippen molar-refractivity contribution in [1.29, 1.82) is 0 Å². The third-order valence-corrected chi connectivity index (χ3v) is 2.39. The number of pyridine rings is 1. The fourth-order valence-corrected chi connectivity index (χ4v) is 1.50. The minimum Gasteiger partial charge on any atom is -0.257 e. The maximum atomic E-state index is 4.28. The van der Waals surface area contributed by atoms with E-state index >= 15 is 0 Å². The van der Waals surface area contributed by atoms with Gasteiger partial charge >= 0.3 is 0 Å². The molecule has 0 spiro atoms. The highest BCUT2D eigenvalue weighted by atomic mass is 14.7. The minimum atomic E-state index is 0.568. The van der Waals surface area contributed by atoms with Crippen LogP contribution in [0.2, 0.25) is 0 Å². The SMILES string of the molecule is CC1=Cc2ncccc2[C@@H]1C. The van der Waals surface area contributed by atoms with Crippen molar-refractivity contribution in [2.24, 2.45) is 0 Å². The van der Waals surface area contributed by atoms with E-state index < -0.39 is 0 Å². The van der Waals surface area contributed by atoms with E-state index in [1.54, 1.807) is 0 Å². The average Bonchev–Trinajstić information content (AvgIpc) is 2.30. The zero-order valence-electron chi connectivity index (χ0n) is 6.83. The molecule has 1 aliphatic rings. The third kappa shape index (κ3) is 0.881. The maximum absolute atomic E-state index is 4.28. The summed E-state index contributed by atoms with van der Waals surface area (Å²) in [5, 5.41) is 0. The molecule has 56 valence electrons. The van der Waals surface area contributed by atoms with Gasteiger partial charge in [0.05, 0.1) is 5.69 Å². The molecule has 0 saturated carbocycles. The summed E-state index contributed by atoms with van der Waals surface area (Å²) in [5.74, 6) is 0.568. The molecule has 0 radical (unpaired) electrons. The van der Waals surface area contributed by atoms with Crippen LogP contribution in [-0.2, 0) is 0 Å². The Kier molecular flexibility index (Phi) is 1.31. The van der Waals surface area contributed by atoms with E-state index in [-0.39, 0.29) is 0 Å². The highest BCUT2D eigenvalue weighted by Gasteiger charge is 2.17. The summed E-state index contributed by atoms with van der Waals surface area (Å²) in [6.45, 7) is 4.38. The van der Waals surface area contributed by atoms with Gasteiger partial charge in [-0.3, -0.25) is 4.98 Å². The van der Waals surface area contributed by atoms with Gasteiger partial charge in [0.2, 0.25) is 0 Å². The van der Waals surface area contributed by atoms with Crippen molar-refractivity contribution in [2.45, 2.75) is 19.8 Å². The molecule has 1 nitrogen and oxygen atoms in total. The van der Waals surface area contributed by atoms with Crippen LogP contribution in [0.4, 0.5) is 0 Å². The zero-order valence-corrected chi connectivity index (χ0v) is 6.83. The summed E-state index contributed by atoms with van der Waals surface area (Å²) in [6, 6.07) is 4.15. The Balaban J connectivity index is 2.58. The largest absolute Gasteiger partial charge is 0.257 e. The molecule has 0 bridgehead atoms. The summed E-state index contributed by atoms with van der Waals surface area (Å²) in [4.78, 5) is 4.28. The monoisotopic (exact) mass is 145 g/mol. The van der Waals surface area contributed by atoms with Gasteiger partial charge in [0.15, 0.2) is 0 Å². The Hall–Kier alpha value is -1.11. The van der Waals surface area contributed by atoms with Crippen molar-refractivity contribution in [3.63, 3.8) is 0 Å². The summed E-state index contributed by atoms with van der Waals surface area (Å²) < 4.78 is 0. The number of nitrogens with zero attached hydrogens (tertiary/aromatic N) is 1. The second kappa shape index (κ2) is 2.19. The van der Waals surface area contributed by atoms with Crippen molar-refractivity contribution < 1.29 is 0 Å². The van der Waals surface area contributed by atoms with Gasteiger partial charge in [-0.1, -0.05) is 18.6 Å². The van der Waals surface area contributed by atoms with Gasteiger partial charge in [0, 0.05) is 12.1 Å². The van der Waals surface area contributed by atoms with Gasteiger partial charge < -0.3 is 0 Å². The first kappa shape index (κ1) is 6.59. The van der Waals surface area contributed by atoms with Gasteiger partial charge in [-0.05, 0) is 24.6 Å². The molecule has 1 aromatic rings. The van der Waals surface area contributed by atoms with Crippen LogP contribution >= 0.6 is 0 Å². The predicted octanol–water partition coefficient (Wildman–Crippen LogP) is 2.60. The zero-order chi connectivity index (χ0) is 7.84. The van der Waals surface area contributed by atoms with Crippen molar-refractivity contribution in [3.05, 3.63) is 35.2 Å². The van der Waals surface area contributed by atoms with Crippen molar-refractivity contribution in [2.75, 3.05) is 0 Å². The van der Waals surface area contributed by atoms with Crippen LogP contribution in [0, 0.1) is 0 Å². The van der Waals surface area contributed by atoms with Gasteiger partial charge in [0.1, 0.15) is 0 Å². The molecule has 11 heavy (non-hydrogen) atoms. The summed E-state index contributed by atoms with van der Waals surface area (Å²) in [5.41, 5.74) is 3.93. The number of aromatic nitrogens is 1. The Morgan fingerprint density at radius 3 is 3.00 bits per heavy atom. The van der Waals surface area contributed by atoms with Gasteiger partial charge in [-0.25, -0.2) is 0 Å². The Morgan fingerprint density at radius 2 is 2.27 bits per heavy atom. The molecule has 1 atom stereocenters. The van der Waals surface area contributed by atoms with E-state index in [4.69, 9.17) is 0 Å². The van der Waals surface area contributed by atoms with Gasteiger partial charge in [-0.15, -0.1) is 0 Å². The standard InChI is InChI=1S/C10H11N/c1-7-6-10-9(8(7)2)4-3-5-11-10/h3-6,8H,1-2H3/t8-/m1/s1. The lowest BCUT2D eigenvalue weighted by Crippen LogP contribution is -1.90. The summed E-state index contributed by atoms with van der Waals surface area (Å²) in [6.07, 6.45) is 4.01. The van der Waals surface area contributed by atoms with E-state index in [9.17, 15) is 0 Å². The van der Waals surface area contributed by atoms with Crippen molar-refractivity contribution in [3.8, 4) is 0 Å². The Bertz CT molecular complexity index is 312. The Morgan fingerprint density at radius 1 is 1.45 bits per heavy atom. The molecule has 1 aromatic heterocycles. The first-order valence-corrected chi connectivity index (χ1v) is 3.92. The van der Waals surface area contributed by atoms with Crippen LogP contribution in [0.25, 0.3) is 6.08 Å². The van der Waals surface area contributed by atoms with Crippen molar-refractivity contribution in [1.82, 2.24) is 4.98 Å². The second-order valence-corrected chi connectivity index (χ2v) is 3.09. The molecule has 0 N–H and O–H groups in total.